The van der Waals surface area contributed by atoms with Gasteiger partial charge in [-0.05, 0) is 246 Å². The number of carbonyl (C=O) groups excluding carboxylic acids is 6. The lowest BCUT2D eigenvalue weighted by Gasteiger charge is -2.48. The van der Waals surface area contributed by atoms with E-state index in [4.69, 9.17) is 27.9 Å². The molecule has 0 spiro atoms. The zero-order valence-electron chi connectivity index (χ0n) is 60.7. The number of benzene rings is 4. The molecule has 4 saturated heterocycles. The number of rotatable bonds is 6. The summed E-state index contributed by atoms with van der Waals surface area (Å²) in [4.78, 5) is 78.7. The van der Waals surface area contributed by atoms with E-state index >= 15 is 0 Å². The van der Waals surface area contributed by atoms with Gasteiger partial charge in [0.2, 0.25) is 23.6 Å². The summed E-state index contributed by atoms with van der Waals surface area (Å²) >= 11 is 6.65. The summed E-state index contributed by atoms with van der Waals surface area (Å²) in [5, 5.41) is 5.80. The summed E-state index contributed by atoms with van der Waals surface area (Å²) in [7, 11) is -1.27. The zero-order valence-corrected chi connectivity index (χ0v) is 63.9. The molecule has 8 heterocycles. The molecular weight excluding hydrogens is 1360 g/mol. The van der Waals surface area contributed by atoms with Gasteiger partial charge in [0.1, 0.15) is 11.6 Å². The van der Waals surface area contributed by atoms with Crippen LogP contribution in [-0.2, 0) is 78.4 Å². The third kappa shape index (κ3) is 13.4. The van der Waals surface area contributed by atoms with Crippen LogP contribution in [0.2, 0.25) is 0 Å². The predicted octanol–water partition coefficient (Wildman–Crippen LogP) is 12.0. The number of hydrogen-bond donors (Lipinski definition) is 2. The number of fused-ring (bicyclic) bond motifs is 4. The van der Waals surface area contributed by atoms with Crippen molar-refractivity contribution in [1.29, 1.82) is 0 Å². The van der Waals surface area contributed by atoms with Gasteiger partial charge in [-0.1, -0.05) is 80.7 Å². The Morgan fingerprint density at radius 2 is 0.742 bits per heavy atom. The van der Waals surface area contributed by atoms with Crippen molar-refractivity contribution in [3.8, 4) is 0 Å². The second-order valence-corrected chi connectivity index (χ2v) is 35.8. The minimum Gasteiger partial charge on any atom is -0.399 e. The highest BCUT2D eigenvalue weighted by Gasteiger charge is 2.57. The van der Waals surface area contributed by atoms with Gasteiger partial charge >= 0.3 is 21.4 Å². The highest BCUT2D eigenvalue weighted by molar-refractivity contribution is 9.10. The maximum atomic E-state index is 13.5. The molecule has 15 rings (SSSR count). The SMILES string of the molecule is CC1(C)C(=O)N(C2CC(=O)C2)c2cc(B3OC(C)(C)C(C)(C)O3)ccc21.CC1(C)C(=O)N(C2CC(N3CCCCC3)C2)c2cc(B3OC(C)(C)C(C)(C)O3)ccc21.CC1(C)C(=O)Nc2cc(B3OC(C)(C)C(C)(C)O3)ccc21.CC1(C)C(=O)Nc2cc(Br)ccc21.O=C1CC(Br)C1. The molecule has 520 valence electrons. The van der Waals surface area contributed by atoms with E-state index in [0.717, 1.165) is 91.5 Å². The molecule has 0 aromatic heterocycles. The molecule has 4 amide bonds. The Hall–Kier alpha value is -5.03. The van der Waals surface area contributed by atoms with Crippen LogP contribution >= 0.6 is 31.9 Å². The quantitative estimate of drug-likeness (QED) is 0.137. The second-order valence-electron chi connectivity index (χ2n) is 33.6. The van der Waals surface area contributed by atoms with Crippen molar-refractivity contribution >= 4 is 128 Å². The van der Waals surface area contributed by atoms with Gasteiger partial charge in [0.15, 0.2) is 0 Å². The molecular formula is C75H100B3Br2N5O12. The number of hydrogen-bond acceptors (Lipinski definition) is 13. The predicted molar refractivity (Wildman–Crippen MR) is 392 cm³/mol. The van der Waals surface area contributed by atoms with Crippen LogP contribution in [0.5, 0.6) is 0 Å². The first-order valence-corrected chi connectivity index (χ1v) is 36.5. The van der Waals surface area contributed by atoms with Gasteiger partial charge in [0, 0.05) is 69.8 Å². The van der Waals surface area contributed by atoms with Crippen molar-refractivity contribution < 1.29 is 56.7 Å². The molecule has 4 aromatic rings. The lowest BCUT2D eigenvalue weighted by atomic mass is 9.76. The number of nitrogens with zero attached hydrogens (tertiary/aromatic N) is 3. The average Bonchev–Trinajstić information content (AvgIpc) is 1.58. The molecule has 11 aliphatic rings. The summed E-state index contributed by atoms with van der Waals surface area (Å²) in [5.41, 5.74) is 6.56. The lowest BCUT2D eigenvalue weighted by molar-refractivity contribution is -0.127. The second kappa shape index (κ2) is 25.5. The Morgan fingerprint density at radius 1 is 0.402 bits per heavy atom. The van der Waals surface area contributed by atoms with Crippen molar-refractivity contribution in [1.82, 2.24) is 4.90 Å². The van der Waals surface area contributed by atoms with Gasteiger partial charge in [-0.2, -0.15) is 0 Å². The summed E-state index contributed by atoms with van der Waals surface area (Å²) in [6.45, 7) is 42.7. The molecule has 0 bridgehead atoms. The van der Waals surface area contributed by atoms with Gasteiger partial charge in [-0.3, -0.25) is 28.8 Å². The monoisotopic (exact) mass is 1450 g/mol. The average molecular weight is 1460 g/mol. The van der Waals surface area contributed by atoms with Crippen LogP contribution in [0.25, 0.3) is 0 Å². The fourth-order valence-electron chi connectivity index (χ4n) is 14.3. The normalized spacial score (nSPS) is 26.4. The first-order chi connectivity index (χ1) is 44.8. The molecule has 4 aromatic carbocycles. The molecule has 22 heteroatoms. The van der Waals surface area contributed by atoms with Crippen LogP contribution in [0.4, 0.5) is 22.7 Å². The van der Waals surface area contributed by atoms with Gasteiger partial charge in [0.05, 0.1) is 61.3 Å². The minimum atomic E-state index is -0.581. The van der Waals surface area contributed by atoms with Crippen LogP contribution in [0.1, 0.15) is 219 Å². The molecule has 3 aliphatic carbocycles. The topological polar surface area (TPSA) is 192 Å². The zero-order chi connectivity index (χ0) is 71.1. The third-order valence-electron chi connectivity index (χ3n) is 23.5. The minimum absolute atomic E-state index is 0.0240. The van der Waals surface area contributed by atoms with Crippen molar-refractivity contribution in [3.05, 3.63) is 99.5 Å². The fraction of sp³-hybridized carbons (Fsp3) is 0.600. The highest BCUT2D eigenvalue weighted by atomic mass is 79.9. The first kappa shape index (κ1) is 73.2. The number of carbonyl (C=O) groups is 6. The number of alkyl halides is 1. The number of ketones is 2. The molecule has 7 fully saturated rings. The van der Waals surface area contributed by atoms with E-state index in [1.54, 1.807) is 0 Å². The highest BCUT2D eigenvalue weighted by Crippen LogP contribution is 2.49. The molecule has 17 nitrogen and oxygen atoms in total. The van der Waals surface area contributed by atoms with Gasteiger partial charge in [0.25, 0.3) is 0 Å². The molecule has 0 unspecified atom stereocenters. The van der Waals surface area contributed by atoms with Crippen LogP contribution < -0.4 is 36.8 Å². The summed E-state index contributed by atoms with van der Waals surface area (Å²) < 4.78 is 38.0. The molecule has 0 radical (unpaired) electrons. The Kier molecular flexibility index (Phi) is 19.2. The van der Waals surface area contributed by atoms with E-state index in [1.165, 1.54) is 32.4 Å². The number of piperidine rings is 1. The van der Waals surface area contributed by atoms with Crippen molar-refractivity contribution in [3.63, 3.8) is 0 Å². The van der Waals surface area contributed by atoms with Gasteiger partial charge in [-0.25, -0.2) is 0 Å². The number of likely N-dealkylation sites (tertiary alicyclic amines) is 1. The lowest BCUT2D eigenvalue weighted by Crippen LogP contribution is -2.57. The van der Waals surface area contributed by atoms with Gasteiger partial charge in [-0.15, -0.1) is 0 Å². The molecule has 0 atom stereocenters. The van der Waals surface area contributed by atoms with E-state index in [-0.39, 0.29) is 57.9 Å². The molecule has 3 saturated carbocycles. The van der Waals surface area contributed by atoms with E-state index in [2.05, 4.69) is 112 Å². The first-order valence-electron chi connectivity index (χ1n) is 34.8. The summed E-state index contributed by atoms with van der Waals surface area (Å²) in [6.07, 6.45) is 8.56. The largest absolute Gasteiger partial charge is 0.494 e. The number of halogens is 2. The van der Waals surface area contributed by atoms with Gasteiger partial charge < -0.3 is 53.3 Å². The molecule has 8 aliphatic heterocycles. The number of amides is 4. The Morgan fingerprint density at radius 3 is 1.10 bits per heavy atom. The van der Waals surface area contributed by atoms with E-state index in [9.17, 15) is 28.8 Å². The molecule has 2 N–H and O–H groups in total. The summed E-state index contributed by atoms with van der Waals surface area (Å²) in [5.74, 6) is 1.00. The maximum absolute atomic E-state index is 13.5. The van der Waals surface area contributed by atoms with E-state index in [1.807, 2.05) is 156 Å². The summed E-state index contributed by atoms with van der Waals surface area (Å²) in [6, 6.07) is 25.1. The van der Waals surface area contributed by atoms with Crippen LogP contribution in [0.3, 0.4) is 0 Å². The Labute approximate surface area is 593 Å². The van der Waals surface area contributed by atoms with Crippen LogP contribution in [-0.4, -0.2) is 131 Å². The third-order valence-corrected chi connectivity index (χ3v) is 24.7. The Balaban J connectivity index is 0.000000131. The van der Waals surface area contributed by atoms with E-state index < -0.39 is 54.2 Å². The fourth-order valence-corrected chi connectivity index (χ4v) is 15.4. The van der Waals surface area contributed by atoms with Crippen molar-refractivity contribution in [2.75, 3.05) is 33.5 Å². The van der Waals surface area contributed by atoms with Crippen molar-refractivity contribution in [2.24, 2.45) is 0 Å². The number of Topliss-reactive ketones (excluding diaryl/α,β-unsaturated/α-hetero) is 2. The smallest absolute Gasteiger partial charge is 0.399 e. The Bertz CT molecular complexity index is 3770. The van der Waals surface area contributed by atoms with Crippen LogP contribution in [0.15, 0.2) is 77.3 Å². The van der Waals surface area contributed by atoms with Crippen molar-refractivity contribution in [2.45, 2.75) is 274 Å². The standard InChI is InChI=1S/C25H37BN2O3.C20H26BNO4.C16H22BNO3.C10H10BrNO.C4H5BrO/c1-23(2)20-11-10-17(26-30-24(3,4)25(5,6)31-26)14-21(20)28(22(23)29)19-15-18(16-19)27-12-8-7-9-13-27;1-18(2)15-8-7-12(21-25-19(3,4)20(5,6)26-21)9-16(15)22(17(18)24)13-10-14(23)11-13;1-14(2)11-8-7-10(9-12(11)18-13(14)19)17-20-15(3,4)16(5,6)21-17;1-10(2)7-4-3-6(11)5-8(7)12-9(10)13;5-3-1-4(6)2-3/h10-11,14,18-19H,7-9,12-13,15-16H2,1-6H3;7-9,13H,10-11H2,1-6H3;7-9H,1-6H3,(H,18,19);3-5H,1-2H3,(H,12,13);3H,1-2H2. The number of anilines is 4. The number of nitrogens with one attached hydrogen (secondary N) is 2. The molecule has 97 heavy (non-hydrogen) atoms. The van der Waals surface area contributed by atoms with E-state index in [0.29, 0.717) is 35.5 Å². The van der Waals surface area contributed by atoms with Crippen LogP contribution in [0, 0.1) is 0 Å². The maximum Gasteiger partial charge on any atom is 0.494 e.